The van der Waals surface area contributed by atoms with Crippen LogP contribution in [0.4, 0.5) is 4.79 Å². The average molecular weight is 413 g/mol. The summed E-state index contributed by atoms with van der Waals surface area (Å²) in [6.07, 6.45) is 1.63. The Morgan fingerprint density at radius 2 is 1.80 bits per heavy atom. The van der Waals surface area contributed by atoms with Crippen LogP contribution in [0.3, 0.4) is 0 Å². The van der Waals surface area contributed by atoms with Crippen LogP contribution in [0.1, 0.15) is 36.1 Å². The van der Waals surface area contributed by atoms with Crippen LogP contribution in [0.2, 0.25) is 0 Å². The molecule has 30 heavy (non-hydrogen) atoms. The molecule has 3 N–H and O–H groups in total. The van der Waals surface area contributed by atoms with Crippen LogP contribution in [0.25, 0.3) is 0 Å². The SMILES string of the molecule is CCCNC(=O)NC(=O)C[NH+]1CCc2cc(OC)c(OC)cc2[C@H]1c1ccccc1. The number of hydrogen-bond donors (Lipinski definition) is 3. The normalized spacial score (nSPS) is 17.6. The smallest absolute Gasteiger partial charge is 0.321 e. The fraction of sp³-hybridized carbons (Fsp3) is 0.391. The Bertz CT molecular complexity index is 886. The minimum absolute atomic E-state index is 0.0424. The summed E-state index contributed by atoms with van der Waals surface area (Å²) in [5, 5.41) is 5.12. The zero-order valence-corrected chi connectivity index (χ0v) is 17.8. The molecule has 0 bridgehead atoms. The first kappa shape index (κ1) is 21.6. The van der Waals surface area contributed by atoms with Crippen LogP contribution in [-0.4, -0.2) is 45.8 Å². The third kappa shape index (κ3) is 4.91. The highest BCUT2D eigenvalue weighted by Crippen LogP contribution is 2.35. The monoisotopic (exact) mass is 412 g/mol. The zero-order chi connectivity index (χ0) is 21.5. The summed E-state index contributed by atoms with van der Waals surface area (Å²) in [5.74, 6) is 1.09. The van der Waals surface area contributed by atoms with E-state index < -0.39 is 6.03 Å². The quantitative estimate of drug-likeness (QED) is 0.643. The molecule has 0 aromatic heterocycles. The van der Waals surface area contributed by atoms with Crippen molar-refractivity contribution < 1.29 is 24.0 Å². The maximum Gasteiger partial charge on any atom is 0.321 e. The lowest BCUT2D eigenvalue weighted by atomic mass is 9.87. The molecule has 0 saturated carbocycles. The first-order chi connectivity index (χ1) is 14.6. The molecule has 2 aromatic rings. The van der Waals surface area contributed by atoms with E-state index in [0.29, 0.717) is 18.0 Å². The van der Waals surface area contributed by atoms with Crippen LogP contribution in [0.5, 0.6) is 11.5 Å². The van der Waals surface area contributed by atoms with E-state index in [1.165, 1.54) is 5.56 Å². The first-order valence-electron chi connectivity index (χ1n) is 10.3. The minimum atomic E-state index is -0.443. The highest BCUT2D eigenvalue weighted by Gasteiger charge is 2.35. The Morgan fingerprint density at radius 1 is 1.10 bits per heavy atom. The van der Waals surface area contributed by atoms with Crippen LogP contribution in [0.15, 0.2) is 42.5 Å². The highest BCUT2D eigenvalue weighted by molar-refractivity contribution is 5.94. The fourth-order valence-corrected chi connectivity index (χ4v) is 3.99. The molecule has 1 aliphatic heterocycles. The van der Waals surface area contributed by atoms with Crippen molar-refractivity contribution in [3.05, 3.63) is 59.2 Å². The summed E-state index contributed by atoms with van der Waals surface area (Å²) in [6.45, 7) is 3.47. The molecule has 0 aliphatic carbocycles. The summed E-state index contributed by atoms with van der Waals surface area (Å²) in [7, 11) is 3.25. The number of hydrogen-bond acceptors (Lipinski definition) is 4. The molecule has 0 fully saturated rings. The second-order valence-electron chi connectivity index (χ2n) is 7.39. The van der Waals surface area contributed by atoms with Gasteiger partial charge in [-0.1, -0.05) is 37.3 Å². The minimum Gasteiger partial charge on any atom is -0.493 e. The molecule has 1 unspecified atom stereocenters. The van der Waals surface area contributed by atoms with Crippen LogP contribution >= 0.6 is 0 Å². The molecule has 7 nitrogen and oxygen atoms in total. The maximum atomic E-state index is 12.6. The summed E-state index contributed by atoms with van der Waals surface area (Å²) < 4.78 is 11.0. The Kier molecular flexibility index (Phi) is 7.30. The maximum absolute atomic E-state index is 12.6. The number of nitrogens with one attached hydrogen (secondary N) is 3. The van der Waals surface area contributed by atoms with Crippen molar-refractivity contribution >= 4 is 11.9 Å². The molecule has 0 saturated heterocycles. The molecule has 7 heteroatoms. The van der Waals surface area contributed by atoms with Crippen molar-refractivity contribution in [3.8, 4) is 11.5 Å². The molecule has 0 spiro atoms. The van der Waals surface area contributed by atoms with Gasteiger partial charge < -0.3 is 19.7 Å². The molecule has 3 amide bonds. The van der Waals surface area contributed by atoms with E-state index in [1.54, 1.807) is 14.2 Å². The average Bonchev–Trinajstić information content (AvgIpc) is 2.77. The summed E-state index contributed by atoms with van der Waals surface area (Å²) >= 11 is 0. The predicted octanol–water partition coefficient (Wildman–Crippen LogP) is 1.47. The Balaban J connectivity index is 1.89. The van der Waals surface area contributed by atoms with Gasteiger partial charge in [0.15, 0.2) is 18.0 Å². The largest absolute Gasteiger partial charge is 0.493 e. The van der Waals surface area contributed by atoms with E-state index in [4.69, 9.17) is 9.47 Å². The number of rotatable bonds is 7. The number of methoxy groups -OCH3 is 2. The molecule has 0 radical (unpaired) electrons. The Hall–Kier alpha value is -3.06. The third-order valence-electron chi connectivity index (χ3n) is 5.39. The van der Waals surface area contributed by atoms with Gasteiger partial charge in [-0.25, -0.2) is 4.79 Å². The van der Waals surface area contributed by atoms with Gasteiger partial charge in [-0.05, 0) is 24.1 Å². The summed E-state index contributed by atoms with van der Waals surface area (Å²) in [5.41, 5.74) is 3.42. The van der Waals surface area contributed by atoms with Crippen LogP contribution < -0.4 is 25.0 Å². The number of amides is 3. The molecule has 160 valence electrons. The molecule has 1 heterocycles. The van der Waals surface area contributed by atoms with Crippen LogP contribution in [-0.2, 0) is 11.2 Å². The topological polar surface area (TPSA) is 81.1 Å². The van der Waals surface area contributed by atoms with Gasteiger partial charge in [-0.15, -0.1) is 0 Å². The predicted molar refractivity (Wildman–Crippen MR) is 114 cm³/mol. The lowest BCUT2D eigenvalue weighted by Gasteiger charge is -2.34. The summed E-state index contributed by atoms with van der Waals surface area (Å²) in [6, 6.07) is 13.7. The van der Waals surface area contributed by atoms with Gasteiger partial charge in [0.1, 0.15) is 6.04 Å². The third-order valence-corrected chi connectivity index (χ3v) is 5.39. The molecular weight excluding hydrogens is 382 g/mol. The van der Waals surface area contributed by atoms with Gasteiger partial charge in [0.05, 0.1) is 20.8 Å². The van der Waals surface area contributed by atoms with Gasteiger partial charge in [0, 0.05) is 24.1 Å². The number of carbonyl (C=O) groups is 2. The lowest BCUT2D eigenvalue weighted by molar-refractivity contribution is -0.920. The number of urea groups is 1. The van der Waals surface area contributed by atoms with Gasteiger partial charge in [-0.2, -0.15) is 0 Å². The lowest BCUT2D eigenvalue weighted by Crippen LogP contribution is -3.14. The van der Waals surface area contributed by atoms with E-state index in [-0.39, 0.29) is 18.5 Å². The van der Waals surface area contributed by atoms with Gasteiger partial charge in [0.2, 0.25) is 0 Å². The zero-order valence-electron chi connectivity index (χ0n) is 17.8. The van der Waals surface area contributed by atoms with E-state index in [0.717, 1.165) is 35.4 Å². The molecule has 2 atom stereocenters. The Labute approximate surface area is 177 Å². The van der Waals surface area contributed by atoms with Crippen molar-refractivity contribution in [1.29, 1.82) is 0 Å². The molecular formula is C23H30N3O4+. The standard InChI is InChI=1S/C23H29N3O4/c1-4-11-24-23(28)25-21(27)15-26-12-10-17-13-19(29-2)20(30-3)14-18(17)22(26)16-8-6-5-7-9-16/h5-9,13-14,22H,4,10-12,15H2,1-3H3,(H2,24,25,27,28)/p+1/t22-/m1/s1. The Morgan fingerprint density at radius 3 is 2.47 bits per heavy atom. The number of benzene rings is 2. The van der Waals surface area contributed by atoms with E-state index >= 15 is 0 Å². The van der Waals surface area contributed by atoms with Crippen molar-refractivity contribution in [2.24, 2.45) is 0 Å². The van der Waals surface area contributed by atoms with Gasteiger partial charge in [0.25, 0.3) is 5.91 Å². The van der Waals surface area contributed by atoms with Gasteiger partial charge in [-0.3, -0.25) is 10.1 Å². The molecule has 3 rings (SSSR count). The van der Waals surface area contributed by atoms with Crippen molar-refractivity contribution in [2.45, 2.75) is 25.8 Å². The second kappa shape index (κ2) is 10.1. The van der Waals surface area contributed by atoms with E-state index in [9.17, 15) is 9.59 Å². The fourth-order valence-electron chi connectivity index (χ4n) is 3.99. The second-order valence-corrected chi connectivity index (χ2v) is 7.39. The highest BCUT2D eigenvalue weighted by atomic mass is 16.5. The van der Waals surface area contributed by atoms with E-state index in [1.807, 2.05) is 37.3 Å². The number of fused-ring (bicyclic) bond motifs is 1. The van der Waals surface area contributed by atoms with E-state index in [2.05, 4.69) is 22.8 Å². The first-order valence-corrected chi connectivity index (χ1v) is 10.3. The number of ether oxygens (including phenoxy) is 2. The summed E-state index contributed by atoms with van der Waals surface area (Å²) in [4.78, 5) is 25.5. The molecule has 2 aromatic carbocycles. The van der Waals surface area contributed by atoms with Crippen molar-refractivity contribution in [1.82, 2.24) is 10.6 Å². The number of quaternary nitrogens is 1. The number of carbonyl (C=O) groups excluding carboxylic acids is 2. The molecule has 1 aliphatic rings. The van der Waals surface area contributed by atoms with Crippen molar-refractivity contribution in [2.75, 3.05) is 33.9 Å². The number of imide groups is 1. The van der Waals surface area contributed by atoms with Gasteiger partial charge >= 0.3 is 6.03 Å². The van der Waals surface area contributed by atoms with Crippen molar-refractivity contribution in [3.63, 3.8) is 0 Å². The van der Waals surface area contributed by atoms with Crippen LogP contribution in [0, 0.1) is 0 Å².